The van der Waals surface area contributed by atoms with E-state index in [1.165, 1.54) is 17.0 Å². The van der Waals surface area contributed by atoms with Gasteiger partial charge in [-0.3, -0.25) is 4.90 Å². The third-order valence-electron chi connectivity index (χ3n) is 4.09. The molecule has 0 bridgehead atoms. The van der Waals surface area contributed by atoms with Crippen LogP contribution in [0.3, 0.4) is 0 Å². The minimum absolute atomic E-state index is 0.0673. The Morgan fingerprint density at radius 1 is 1.00 bits per heavy atom. The first-order chi connectivity index (χ1) is 12.7. The number of amides is 1. The van der Waals surface area contributed by atoms with Crippen LogP contribution < -0.4 is 0 Å². The first-order valence-electron chi connectivity index (χ1n) is 8.69. The summed E-state index contributed by atoms with van der Waals surface area (Å²) >= 11 is 0. The van der Waals surface area contributed by atoms with Gasteiger partial charge in [0.1, 0.15) is 18.4 Å². The van der Waals surface area contributed by atoms with Gasteiger partial charge in [0.15, 0.2) is 0 Å². The standard InChI is InChI=1S/C21H25NO5/c1-21(2,3)22(20(26)27-14-16-7-5-4-6-8-16)18(19(24)25)13-15-9-11-17(23)12-10-15/h4-12,18,23H,13-14H2,1-3H3,(H,24,25). The van der Waals surface area contributed by atoms with Crippen LogP contribution in [0.15, 0.2) is 54.6 Å². The number of aliphatic carboxylic acids is 1. The fourth-order valence-electron chi connectivity index (χ4n) is 2.80. The molecule has 0 aliphatic carbocycles. The van der Waals surface area contributed by atoms with Gasteiger partial charge in [-0.25, -0.2) is 9.59 Å². The van der Waals surface area contributed by atoms with Crippen molar-refractivity contribution in [2.24, 2.45) is 0 Å². The van der Waals surface area contributed by atoms with Crippen molar-refractivity contribution in [3.8, 4) is 5.75 Å². The van der Waals surface area contributed by atoms with Crippen molar-refractivity contribution >= 4 is 12.1 Å². The van der Waals surface area contributed by atoms with E-state index in [4.69, 9.17) is 4.74 Å². The summed E-state index contributed by atoms with van der Waals surface area (Å²) in [6, 6.07) is 14.4. The van der Waals surface area contributed by atoms with Crippen LogP contribution in [0, 0.1) is 0 Å². The third-order valence-corrected chi connectivity index (χ3v) is 4.09. The first-order valence-corrected chi connectivity index (χ1v) is 8.69. The molecule has 144 valence electrons. The van der Waals surface area contributed by atoms with E-state index in [0.29, 0.717) is 5.56 Å². The van der Waals surface area contributed by atoms with E-state index in [1.807, 2.05) is 30.3 Å². The van der Waals surface area contributed by atoms with E-state index in [0.717, 1.165) is 5.56 Å². The normalized spacial score (nSPS) is 12.3. The minimum Gasteiger partial charge on any atom is -0.508 e. The molecule has 0 heterocycles. The molecule has 0 aromatic heterocycles. The Labute approximate surface area is 159 Å². The molecule has 6 heteroatoms. The zero-order valence-electron chi connectivity index (χ0n) is 15.8. The van der Waals surface area contributed by atoms with Gasteiger partial charge in [0.05, 0.1) is 0 Å². The summed E-state index contributed by atoms with van der Waals surface area (Å²) in [5.74, 6) is -1.02. The van der Waals surface area contributed by atoms with Gasteiger partial charge in [-0.2, -0.15) is 0 Å². The molecule has 2 N–H and O–H groups in total. The molecule has 6 nitrogen and oxygen atoms in total. The van der Waals surface area contributed by atoms with Crippen molar-refractivity contribution in [1.29, 1.82) is 0 Å². The molecule has 1 unspecified atom stereocenters. The lowest BCUT2D eigenvalue weighted by molar-refractivity contribution is -0.144. The maximum atomic E-state index is 12.8. The number of benzene rings is 2. The van der Waals surface area contributed by atoms with Crippen LogP contribution in [0.5, 0.6) is 5.75 Å². The van der Waals surface area contributed by atoms with Crippen LogP contribution in [0.25, 0.3) is 0 Å². The van der Waals surface area contributed by atoms with E-state index in [2.05, 4.69) is 0 Å². The number of hydrogen-bond donors (Lipinski definition) is 2. The quantitative estimate of drug-likeness (QED) is 0.806. The van der Waals surface area contributed by atoms with Gasteiger partial charge in [-0.1, -0.05) is 42.5 Å². The number of carboxylic acids is 1. The van der Waals surface area contributed by atoms with Gasteiger partial charge in [-0.15, -0.1) is 0 Å². The number of hydrogen-bond acceptors (Lipinski definition) is 4. The second kappa shape index (κ2) is 8.58. The van der Waals surface area contributed by atoms with E-state index in [9.17, 15) is 19.8 Å². The predicted octanol–water partition coefficient (Wildman–Crippen LogP) is 3.83. The fourth-order valence-corrected chi connectivity index (χ4v) is 2.80. The molecule has 0 aliphatic rings. The Kier molecular flexibility index (Phi) is 6.45. The van der Waals surface area contributed by atoms with Crippen molar-refractivity contribution in [2.45, 2.75) is 45.4 Å². The highest BCUT2D eigenvalue weighted by Gasteiger charge is 2.38. The summed E-state index contributed by atoms with van der Waals surface area (Å²) in [5, 5.41) is 19.2. The first kappa shape index (κ1) is 20.3. The lowest BCUT2D eigenvalue weighted by Gasteiger charge is -2.39. The Hall–Kier alpha value is -3.02. The second-order valence-corrected chi connectivity index (χ2v) is 7.31. The highest BCUT2D eigenvalue weighted by molar-refractivity contribution is 5.81. The summed E-state index contributed by atoms with van der Waals surface area (Å²) in [5.41, 5.74) is 0.767. The molecule has 0 saturated carbocycles. The van der Waals surface area contributed by atoms with Gasteiger partial charge in [0, 0.05) is 12.0 Å². The van der Waals surface area contributed by atoms with Crippen LogP contribution in [-0.4, -0.2) is 38.8 Å². The molecule has 2 aromatic rings. The van der Waals surface area contributed by atoms with Crippen LogP contribution in [-0.2, 0) is 22.6 Å². The number of carbonyl (C=O) groups excluding carboxylic acids is 1. The van der Waals surface area contributed by atoms with Gasteiger partial charge in [0.2, 0.25) is 0 Å². The predicted molar refractivity (Wildman–Crippen MR) is 101 cm³/mol. The summed E-state index contributed by atoms with van der Waals surface area (Å²) in [7, 11) is 0. The van der Waals surface area contributed by atoms with Gasteiger partial charge in [-0.05, 0) is 44.0 Å². The van der Waals surface area contributed by atoms with Gasteiger partial charge < -0.3 is 14.9 Å². The zero-order valence-corrected chi connectivity index (χ0v) is 15.8. The molecule has 2 aromatic carbocycles. The molecule has 0 aliphatic heterocycles. The Bertz CT molecular complexity index is 765. The highest BCUT2D eigenvalue weighted by atomic mass is 16.6. The average molecular weight is 371 g/mol. The lowest BCUT2D eigenvalue weighted by Crippen LogP contribution is -2.55. The molecule has 0 radical (unpaired) electrons. The molecular weight excluding hydrogens is 346 g/mol. The second-order valence-electron chi connectivity index (χ2n) is 7.31. The smallest absolute Gasteiger partial charge is 0.411 e. The zero-order chi connectivity index (χ0) is 20.0. The monoisotopic (exact) mass is 371 g/mol. The number of carboxylic acid groups (broad SMARTS) is 1. The molecule has 27 heavy (non-hydrogen) atoms. The Morgan fingerprint density at radius 3 is 2.11 bits per heavy atom. The van der Waals surface area contributed by atoms with E-state index < -0.39 is 23.6 Å². The number of phenolic OH excluding ortho intramolecular Hbond substituents is 1. The number of aromatic hydroxyl groups is 1. The molecule has 0 fully saturated rings. The summed E-state index contributed by atoms with van der Waals surface area (Å²) < 4.78 is 5.39. The van der Waals surface area contributed by atoms with Crippen LogP contribution in [0.1, 0.15) is 31.9 Å². The van der Waals surface area contributed by atoms with Crippen LogP contribution in [0.2, 0.25) is 0 Å². The maximum Gasteiger partial charge on any atom is 0.411 e. The Balaban J connectivity index is 2.21. The average Bonchev–Trinajstić information content (AvgIpc) is 2.61. The van der Waals surface area contributed by atoms with Crippen LogP contribution >= 0.6 is 0 Å². The van der Waals surface area contributed by atoms with Gasteiger partial charge >= 0.3 is 12.1 Å². The van der Waals surface area contributed by atoms with Crippen molar-refractivity contribution in [3.63, 3.8) is 0 Å². The third kappa shape index (κ3) is 5.74. The summed E-state index contributed by atoms with van der Waals surface area (Å²) in [4.78, 5) is 25.9. The SMILES string of the molecule is CC(C)(C)N(C(=O)OCc1ccccc1)C(Cc1ccc(O)cc1)C(=O)O. The topological polar surface area (TPSA) is 87.1 Å². The molecular formula is C21H25NO5. The summed E-state index contributed by atoms with van der Waals surface area (Å²) in [6.07, 6.45) is -0.578. The maximum absolute atomic E-state index is 12.8. The number of rotatable bonds is 6. The summed E-state index contributed by atoms with van der Waals surface area (Å²) in [6.45, 7) is 5.37. The fraction of sp³-hybridized carbons (Fsp3) is 0.333. The Morgan fingerprint density at radius 2 is 1.59 bits per heavy atom. The molecule has 0 saturated heterocycles. The van der Waals surface area contributed by atoms with E-state index in [-0.39, 0.29) is 18.8 Å². The minimum atomic E-state index is -1.12. The number of ether oxygens (including phenoxy) is 1. The largest absolute Gasteiger partial charge is 0.508 e. The highest BCUT2D eigenvalue weighted by Crippen LogP contribution is 2.23. The van der Waals surface area contributed by atoms with E-state index in [1.54, 1.807) is 32.9 Å². The van der Waals surface area contributed by atoms with Crippen molar-refractivity contribution < 1.29 is 24.5 Å². The van der Waals surface area contributed by atoms with Gasteiger partial charge in [0.25, 0.3) is 0 Å². The molecule has 2 rings (SSSR count). The number of phenols is 1. The lowest BCUT2D eigenvalue weighted by atomic mass is 9.98. The van der Waals surface area contributed by atoms with Crippen molar-refractivity contribution in [1.82, 2.24) is 4.90 Å². The van der Waals surface area contributed by atoms with E-state index >= 15 is 0 Å². The number of nitrogens with zero attached hydrogens (tertiary/aromatic N) is 1. The van der Waals surface area contributed by atoms with Crippen LogP contribution in [0.4, 0.5) is 4.79 Å². The van der Waals surface area contributed by atoms with Crippen molar-refractivity contribution in [3.05, 3.63) is 65.7 Å². The number of carbonyl (C=O) groups is 2. The molecule has 1 amide bonds. The van der Waals surface area contributed by atoms with Crippen molar-refractivity contribution in [2.75, 3.05) is 0 Å². The molecule has 0 spiro atoms. The molecule has 1 atom stereocenters.